The zero-order valence-corrected chi connectivity index (χ0v) is 42.7. The quantitative estimate of drug-likeness (QED) is 0.0174. The molecule has 70 heavy (non-hydrogen) atoms. The van der Waals surface area contributed by atoms with Crippen molar-refractivity contribution in [3.8, 4) is 0 Å². The molecule has 14 nitrogen and oxygen atoms in total. The van der Waals surface area contributed by atoms with E-state index in [4.69, 9.17) is 28.4 Å². The van der Waals surface area contributed by atoms with Crippen LogP contribution in [0.4, 0.5) is 0 Å². The molecule has 7 N–H and O–H groups in total. The number of carbonyl (C=O) groups excluding carboxylic acids is 1. The third-order valence-corrected chi connectivity index (χ3v) is 12.2. The molecule has 0 aromatic carbocycles. The Balaban J connectivity index is 1.72. The van der Waals surface area contributed by atoms with Crippen LogP contribution in [0.15, 0.2) is 85.1 Å². The third-order valence-electron chi connectivity index (χ3n) is 12.2. The summed E-state index contributed by atoms with van der Waals surface area (Å²) in [5, 5.41) is 72.1. The van der Waals surface area contributed by atoms with Gasteiger partial charge in [0.1, 0.15) is 54.9 Å². The summed E-state index contributed by atoms with van der Waals surface area (Å²) in [5.41, 5.74) is 0. The van der Waals surface area contributed by atoms with E-state index in [9.17, 15) is 40.5 Å². The number of allylic oxidation sites excluding steroid dienone is 14. The zero-order valence-electron chi connectivity index (χ0n) is 42.7. The summed E-state index contributed by atoms with van der Waals surface area (Å²) >= 11 is 0. The Morgan fingerprint density at radius 1 is 0.486 bits per heavy atom. The minimum absolute atomic E-state index is 0.0404. The fourth-order valence-electron chi connectivity index (χ4n) is 7.85. The SMILES string of the molecule is CC/C=C\C/C=C\C/C=C\C/C=C\C/C=C\C/C=C\C/C=C\CCCCCCOCC(COC1OC(COC2OC(CO)C(O)C(O)C2O)C(O)C(O)C1O)OC(=O)CCCCCCCCCCCC. The van der Waals surface area contributed by atoms with E-state index in [1.165, 1.54) is 38.5 Å². The van der Waals surface area contributed by atoms with Gasteiger partial charge in [0.05, 0.1) is 26.4 Å². The monoisotopic (exact) mass is 991 g/mol. The van der Waals surface area contributed by atoms with Crippen molar-refractivity contribution in [1.82, 2.24) is 0 Å². The van der Waals surface area contributed by atoms with Crippen LogP contribution in [-0.4, -0.2) is 142 Å². The second-order valence-electron chi connectivity index (χ2n) is 18.3. The van der Waals surface area contributed by atoms with Gasteiger partial charge < -0.3 is 64.2 Å². The number of esters is 1. The minimum Gasteiger partial charge on any atom is -0.457 e. The van der Waals surface area contributed by atoms with Gasteiger partial charge in [0.2, 0.25) is 0 Å². The zero-order chi connectivity index (χ0) is 50.9. The Morgan fingerprint density at radius 2 is 0.929 bits per heavy atom. The van der Waals surface area contributed by atoms with Gasteiger partial charge in [0.15, 0.2) is 12.6 Å². The van der Waals surface area contributed by atoms with E-state index in [0.29, 0.717) is 13.0 Å². The lowest BCUT2D eigenvalue weighted by molar-refractivity contribution is -0.332. The molecule has 0 aromatic heterocycles. The second-order valence-corrected chi connectivity index (χ2v) is 18.3. The van der Waals surface area contributed by atoms with E-state index in [-0.39, 0.29) is 19.6 Å². The fraction of sp³-hybridized carbons (Fsp3) is 0.732. The van der Waals surface area contributed by atoms with Crippen LogP contribution < -0.4 is 0 Å². The summed E-state index contributed by atoms with van der Waals surface area (Å²) in [7, 11) is 0. The number of unbranched alkanes of at least 4 members (excludes halogenated alkanes) is 13. The molecule has 14 heteroatoms. The maximum absolute atomic E-state index is 13.0. The molecule has 2 rings (SSSR count). The Morgan fingerprint density at radius 3 is 1.46 bits per heavy atom. The highest BCUT2D eigenvalue weighted by Crippen LogP contribution is 2.26. The van der Waals surface area contributed by atoms with Crippen LogP contribution in [0.5, 0.6) is 0 Å². The van der Waals surface area contributed by atoms with E-state index in [1.54, 1.807) is 0 Å². The van der Waals surface area contributed by atoms with Crippen LogP contribution in [0.2, 0.25) is 0 Å². The molecule has 0 aromatic rings. The highest BCUT2D eigenvalue weighted by atomic mass is 16.7. The molecule has 0 spiro atoms. The number of aliphatic hydroxyl groups excluding tert-OH is 7. The van der Waals surface area contributed by atoms with E-state index in [1.807, 2.05) is 0 Å². The molecule has 2 heterocycles. The van der Waals surface area contributed by atoms with Gasteiger partial charge in [-0.2, -0.15) is 0 Å². The summed E-state index contributed by atoms with van der Waals surface area (Å²) in [6.45, 7) is 3.47. The first-order chi connectivity index (χ1) is 34.1. The maximum Gasteiger partial charge on any atom is 0.306 e. The molecule has 2 aliphatic heterocycles. The summed E-state index contributed by atoms with van der Waals surface area (Å²) in [6, 6.07) is 0. The molecule has 11 unspecified atom stereocenters. The number of aliphatic hydroxyl groups is 7. The van der Waals surface area contributed by atoms with Crippen molar-refractivity contribution in [2.75, 3.05) is 33.0 Å². The van der Waals surface area contributed by atoms with E-state index < -0.39 is 86.7 Å². The van der Waals surface area contributed by atoms with Crippen LogP contribution in [-0.2, 0) is 33.2 Å². The maximum atomic E-state index is 13.0. The minimum atomic E-state index is -1.71. The Labute approximate surface area is 420 Å². The molecule has 11 atom stereocenters. The van der Waals surface area contributed by atoms with Gasteiger partial charge in [-0.05, 0) is 70.6 Å². The number of hydrogen-bond acceptors (Lipinski definition) is 14. The summed E-state index contributed by atoms with van der Waals surface area (Å²) in [6.07, 6.45) is 38.0. The van der Waals surface area contributed by atoms with Crippen molar-refractivity contribution in [3.63, 3.8) is 0 Å². The highest BCUT2D eigenvalue weighted by Gasteiger charge is 2.47. The van der Waals surface area contributed by atoms with E-state index >= 15 is 0 Å². The van der Waals surface area contributed by atoms with Gasteiger partial charge in [-0.1, -0.05) is 170 Å². The van der Waals surface area contributed by atoms with Crippen molar-refractivity contribution >= 4 is 5.97 Å². The number of rotatable bonds is 41. The average Bonchev–Trinajstić information content (AvgIpc) is 3.36. The molecule has 0 radical (unpaired) electrons. The molecule has 0 amide bonds. The van der Waals surface area contributed by atoms with Gasteiger partial charge in [-0.3, -0.25) is 4.79 Å². The van der Waals surface area contributed by atoms with Crippen LogP contribution in [0.3, 0.4) is 0 Å². The lowest BCUT2D eigenvalue weighted by atomic mass is 9.98. The molecular formula is C56H94O14. The highest BCUT2D eigenvalue weighted by molar-refractivity contribution is 5.69. The number of ether oxygens (including phenoxy) is 6. The molecule has 402 valence electrons. The largest absolute Gasteiger partial charge is 0.457 e. The lowest BCUT2D eigenvalue weighted by Gasteiger charge is -2.42. The van der Waals surface area contributed by atoms with E-state index in [2.05, 4.69) is 98.9 Å². The Bertz CT molecular complexity index is 1480. The molecule has 0 saturated carbocycles. The molecule has 2 fully saturated rings. The summed E-state index contributed by atoms with van der Waals surface area (Å²) in [4.78, 5) is 13.0. The molecule has 0 aliphatic carbocycles. The normalized spacial score (nSPS) is 26.2. The van der Waals surface area contributed by atoms with Crippen LogP contribution in [0.25, 0.3) is 0 Å². The van der Waals surface area contributed by atoms with Crippen molar-refractivity contribution in [3.05, 3.63) is 85.1 Å². The first-order valence-electron chi connectivity index (χ1n) is 26.7. The van der Waals surface area contributed by atoms with Gasteiger partial charge in [0, 0.05) is 13.0 Å². The second kappa shape index (κ2) is 42.7. The van der Waals surface area contributed by atoms with Gasteiger partial charge in [-0.15, -0.1) is 0 Å². The van der Waals surface area contributed by atoms with Gasteiger partial charge in [0.25, 0.3) is 0 Å². The smallest absolute Gasteiger partial charge is 0.306 e. The van der Waals surface area contributed by atoms with Crippen molar-refractivity contribution in [2.24, 2.45) is 0 Å². The standard InChI is InChI=1S/C56H94O14/c1-3-5-7-9-11-13-15-16-17-18-19-20-21-22-23-24-25-26-27-28-29-30-32-34-36-38-40-65-42-45(68-48(58)39-37-35-33-31-14-12-10-8-6-4-2)43-66-55-54(64)52(62)50(60)47(70-55)44-67-56-53(63)51(61)49(59)46(41-57)69-56/h5,7,11,13,16-17,19-20,22-23,25-26,28-29,45-47,49-57,59-64H,3-4,6,8-10,12,14-15,18,21,24,27,30-44H2,1-2H3/b7-5-,13-11-,17-16-,20-19-,23-22-,26-25-,29-28-. The number of hydrogen-bond donors (Lipinski definition) is 7. The van der Waals surface area contributed by atoms with E-state index in [0.717, 1.165) is 96.3 Å². The average molecular weight is 991 g/mol. The van der Waals surface area contributed by atoms with Crippen LogP contribution in [0, 0.1) is 0 Å². The van der Waals surface area contributed by atoms with Crippen LogP contribution in [0.1, 0.15) is 162 Å². The van der Waals surface area contributed by atoms with Crippen LogP contribution >= 0.6 is 0 Å². The first-order valence-corrected chi connectivity index (χ1v) is 26.7. The van der Waals surface area contributed by atoms with Crippen molar-refractivity contribution in [2.45, 2.75) is 229 Å². The molecule has 0 bridgehead atoms. The Kier molecular flexibility index (Phi) is 38.6. The molecule has 2 saturated heterocycles. The topological polar surface area (TPSA) is 214 Å². The summed E-state index contributed by atoms with van der Waals surface area (Å²) in [5.74, 6) is -0.392. The first kappa shape index (κ1) is 63.3. The van der Waals surface area contributed by atoms with Gasteiger partial charge in [-0.25, -0.2) is 0 Å². The predicted octanol–water partition coefficient (Wildman–Crippen LogP) is 8.46. The predicted molar refractivity (Wildman–Crippen MR) is 275 cm³/mol. The number of carbonyl (C=O) groups is 1. The van der Waals surface area contributed by atoms with Gasteiger partial charge >= 0.3 is 5.97 Å². The Hall–Kier alpha value is -2.83. The summed E-state index contributed by atoms with van der Waals surface area (Å²) < 4.78 is 34.2. The molecular weight excluding hydrogens is 897 g/mol. The fourth-order valence-corrected chi connectivity index (χ4v) is 7.85. The molecule has 2 aliphatic rings. The lowest BCUT2D eigenvalue weighted by Crippen LogP contribution is -2.61. The van der Waals surface area contributed by atoms with Crippen molar-refractivity contribution < 1.29 is 69.0 Å². The third kappa shape index (κ3) is 29.6. The van der Waals surface area contributed by atoms with Crippen molar-refractivity contribution in [1.29, 1.82) is 0 Å².